The minimum absolute atomic E-state index is 0.137. The average Bonchev–Trinajstić information content (AvgIpc) is 1.98. The highest BCUT2D eigenvalue weighted by atomic mass is 19.1. The maximum Gasteiger partial charge on any atom is 0.254 e. The summed E-state index contributed by atoms with van der Waals surface area (Å²) >= 11 is 0. The molecule has 1 rings (SSSR count). The first kappa shape index (κ1) is 5.54. The number of hydrogen-bond donors (Lipinski definition) is 1. The van der Waals surface area contributed by atoms with Gasteiger partial charge in [0.05, 0.1) is 0 Å². The predicted molar refractivity (Wildman–Crippen MR) is 27.1 cm³/mol. The number of hydrogen-bond acceptors (Lipinski definition) is 1. The SMILES string of the molecule is C[C@H]1CNC(=O)[C@@H]1F. The van der Waals surface area contributed by atoms with Gasteiger partial charge in [-0.05, 0) is 0 Å². The maximum absolute atomic E-state index is 12.3. The molecule has 8 heavy (non-hydrogen) atoms. The Morgan fingerprint density at radius 2 is 2.50 bits per heavy atom. The van der Waals surface area contributed by atoms with Crippen molar-refractivity contribution in [2.75, 3.05) is 6.54 Å². The standard InChI is InChI=1S/C5H8FNO/c1-3-2-7-5(8)4(3)6/h3-4H,2H2,1H3,(H,7,8)/t3-,4+/m0/s1. The van der Waals surface area contributed by atoms with Crippen LogP contribution in [0.25, 0.3) is 0 Å². The summed E-state index contributed by atoms with van der Waals surface area (Å²) < 4.78 is 12.3. The Hall–Kier alpha value is -0.600. The number of carbonyl (C=O) groups excluding carboxylic acids is 1. The Morgan fingerprint density at radius 3 is 2.62 bits per heavy atom. The fraction of sp³-hybridized carbons (Fsp3) is 0.800. The van der Waals surface area contributed by atoms with E-state index in [9.17, 15) is 9.18 Å². The highest BCUT2D eigenvalue weighted by Crippen LogP contribution is 2.11. The molecule has 2 atom stereocenters. The molecule has 1 aliphatic rings. The van der Waals surface area contributed by atoms with Crippen molar-refractivity contribution in [3.8, 4) is 0 Å². The molecule has 2 nitrogen and oxygen atoms in total. The zero-order valence-electron chi connectivity index (χ0n) is 4.65. The van der Waals surface area contributed by atoms with Gasteiger partial charge in [0, 0.05) is 12.5 Å². The summed E-state index contributed by atoms with van der Waals surface area (Å²) in [6, 6.07) is 0. The molecule has 0 aromatic carbocycles. The van der Waals surface area contributed by atoms with Gasteiger partial charge in [-0.2, -0.15) is 0 Å². The summed E-state index contributed by atoms with van der Waals surface area (Å²) in [7, 11) is 0. The lowest BCUT2D eigenvalue weighted by molar-refractivity contribution is -0.123. The van der Waals surface area contributed by atoms with Crippen LogP contribution in [0.3, 0.4) is 0 Å². The highest BCUT2D eigenvalue weighted by Gasteiger charge is 2.30. The second kappa shape index (κ2) is 1.73. The van der Waals surface area contributed by atoms with Crippen molar-refractivity contribution < 1.29 is 9.18 Å². The van der Waals surface area contributed by atoms with E-state index in [-0.39, 0.29) is 5.92 Å². The summed E-state index contributed by atoms with van der Waals surface area (Å²) in [5, 5.41) is 2.41. The predicted octanol–water partition coefficient (Wildman–Crippen LogP) is 0.0904. The van der Waals surface area contributed by atoms with Crippen molar-refractivity contribution in [1.29, 1.82) is 0 Å². The van der Waals surface area contributed by atoms with Crippen LogP contribution >= 0.6 is 0 Å². The molecule has 1 amide bonds. The van der Waals surface area contributed by atoms with Crippen molar-refractivity contribution in [1.82, 2.24) is 5.32 Å². The van der Waals surface area contributed by atoms with Crippen LogP contribution < -0.4 is 5.32 Å². The molecule has 0 aliphatic carbocycles. The van der Waals surface area contributed by atoms with Gasteiger partial charge in [-0.15, -0.1) is 0 Å². The van der Waals surface area contributed by atoms with Crippen LogP contribution in [0.1, 0.15) is 6.92 Å². The van der Waals surface area contributed by atoms with Crippen LogP contribution in [-0.4, -0.2) is 18.6 Å². The number of carbonyl (C=O) groups is 1. The molecule has 1 fully saturated rings. The van der Waals surface area contributed by atoms with E-state index < -0.39 is 12.1 Å². The minimum Gasteiger partial charge on any atom is -0.353 e. The largest absolute Gasteiger partial charge is 0.353 e. The maximum atomic E-state index is 12.3. The van der Waals surface area contributed by atoms with E-state index in [1.165, 1.54) is 0 Å². The Kier molecular flexibility index (Phi) is 1.19. The van der Waals surface area contributed by atoms with E-state index in [0.29, 0.717) is 6.54 Å². The number of nitrogens with one attached hydrogen (secondary N) is 1. The van der Waals surface area contributed by atoms with E-state index >= 15 is 0 Å². The van der Waals surface area contributed by atoms with Crippen molar-refractivity contribution in [3.63, 3.8) is 0 Å². The zero-order chi connectivity index (χ0) is 6.15. The topological polar surface area (TPSA) is 29.1 Å². The summed E-state index contributed by atoms with van der Waals surface area (Å²) in [6.45, 7) is 2.20. The summed E-state index contributed by atoms with van der Waals surface area (Å²) in [5.41, 5.74) is 0. The average molecular weight is 117 g/mol. The monoisotopic (exact) mass is 117 g/mol. The van der Waals surface area contributed by atoms with Crippen molar-refractivity contribution in [2.45, 2.75) is 13.1 Å². The Morgan fingerprint density at radius 1 is 1.88 bits per heavy atom. The van der Waals surface area contributed by atoms with Crippen LogP contribution in [-0.2, 0) is 4.79 Å². The van der Waals surface area contributed by atoms with Gasteiger partial charge in [-0.1, -0.05) is 6.92 Å². The lowest BCUT2D eigenvalue weighted by atomic mass is 10.1. The molecule has 46 valence electrons. The minimum atomic E-state index is -1.27. The lowest BCUT2D eigenvalue weighted by Gasteiger charge is -1.96. The van der Waals surface area contributed by atoms with Crippen molar-refractivity contribution in [2.24, 2.45) is 5.92 Å². The Bertz CT molecular complexity index is 115. The van der Waals surface area contributed by atoms with Crippen molar-refractivity contribution in [3.05, 3.63) is 0 Å². The first-order valence-corrected chi connectivity index (χ1v) is 2.63. The van der Waals surface area contributed by atoms with E-state index in [2.05, 4.69) is 5.32 Å². The summed E-state index contributed by atoms with van der Waals surface area (Å²) in [4.78, 5) is 10.3. The first-order chi connectivity index (χ1) is 3.72. The molecule has 0 bridgehead atoms. The third-order valence-corrected chi connectivity index (χ3v) is 1.35. The van der Waals surface area contributed by atoms with E-state index in [1.807, 2.05) is 0 Å². The molecule has 0 spiro atoms. The van der Waals surface area contributed by atoms with Gasteiger partial charge in [0.2, 0.25) is 0 Å². The second-order valence-electron chi connectivity index (χ2n) is 2.12. The molecule has 1 aliphatic heterocycles. The number of halogens is 1. The van der Waals surface area contributed by atoms with Crippen LogP contribution in [0.2, 0.25) is 0 Å². The molecule has 1 saturated heterocycles. The zero-order valence-corrected chi connectivity index (χ0v) is 4.65. The number of amides is 1. The van der Waals surface area contributed by atoms with Gasteiger partial charge >= 0.3 is 0 Å². The van der Waals surface area contributed by atoms with Gasteiger partial charge in [0.15, 0.2) is 6.17 Å². The summed E-state index contributed by atoms with van der Waals surface area (Å²) in [5.74, 6) is -0.597. The molecular weight excluding hydrogens is 109 g/mol. The van der Waals surface area contributed by atoms with Gasteiger partial charge in [-0.25, -0.2) is 4.39 Å². The molecule has 1 N–H and O–H groups in total. The summed E-state index contributed by atoms with van der Waals surface area (Å²) in [6.07, 6.45) is -1.27. The van der Waals surface area contributed by atoms with Crippen LogP contribution in [0.4, 0.5) is 4.39 Å². The van der Waals surface area contributed by atoms with Gasteiger partial charge in [-0.3, -0.25) is 4.79 Å². The molecule has 0 aromatic rings. The van der Waals surface area contributed by atoms with Crippen LogP contribution in [0.15, 0.2) is 0 Å². The normalized spacial score (nSPS) is 37.5. The van der Waals surface area contributed by atoms with Gasteiger partial charge < -0.3 is 5.32 Å². The first-order valence-electron chi connectivity index (χ1n) is 2.63. The molecular formula is C5H8FNO. The quantitative estimate of drug-likeness (QED) is 0.478. The molecule has 1 heterocycles. The Balaban J connectivity index is 2.56. The molecule has 0 saturated carbocycles. The van der Waals surface area contributed by atoms with Gasteiger partial charge in [0.1, 0.15) is 0 Å². The fourth-order valence-corrected chi connectivity index (χ4v) is 0.721. The fourth-order valence-electron chi connectivity index (χ4n) is 0.721. The Labute approximate surface area is 47.1 Å². The third kappa shape index (κ3) is 0.680. The van der Waals surface area contributed by atoms with E-state index in [4.69, 9.17) is 0 Å². The highest BCUT2D eigenvalue weighted by molar-refractivity contribution is 5.83. The lowest BCUT2D eigenvalue weighted by Crippen LogP contribution is -2.19. The smallest absolute Gasteiger partial charge is 0.254 e. The number of rotatable bonds is 0. The molecule has 0 aromatic heterocycles. The molecule has 3 heteroatoms. The van der Waals surface area contributed by atoms with Crippen molar-refractivity contribution >= 4 is 5.91 Å². The van der Waals surface area contributed by atoms with Crippen LogP contribution in [0, 0.1) is 5.92 Å². The number of alkyl halides is 1. The van der Waals surface area contributed by atoms with E-state index in [1.54, 1.807) is 6.92 Å². The van der Waals surface area contributed by atoms with Gasteiger partial charge in [0.25, 0.3) is 5.91 Å². The molecule has 0 radical (unpaired) electrons. The molecule has 0 unspecified atom stereocenters. The van der Waals surface area contributed by atoms with E-state index in [0.717, 1.165) is 0 Å². The second-order valence-corrected chi connectivity index (χ2v) is 2.12. The van der Waals surface area contributed by atoms with Crippen LogP contribution in [0.5, 0.6) is 0 Å². The third-order valence-electron chi connectivity index (χ3n) is 1.35.